The standard InChI is InChI=1S/C13H11F3N2O3/c14-13(15,16)21-8-3-1-7(2-4-8)18-5-9-10(6-18)12(20)17-11(9)19/h1-4,9-10H,5-6H2,(H,17,19,20)/t9-,10+. The Bertz CT molecular complexity index is 563. The molecule has 2 amide bonds. The van der Waals surface area contributed by atoms with Crippen LogP contribution in [0.25, 0.3) is 0 Å². The van der Waals surface area contributed by atoms with E-state index in [4.69, 9.17) is 0 Å². The number of carbonyl (C=O) groups is 2. The minimum absolute atomic E-state index is 0.287. The summed E-state index contributed by atoms with van der Waals surface area (Å²) in [6.45, 7) is 0.753. The van der Waals surface area contributed by atoms with Gasteiger partial charge in [-0.25, -0.2) is 0 Å². The van der Waals surface area contributed by atoms with Gasteiger partial charge in [0.05, 0.1) is 11.8 Å². The Labute approximate surface area is 117 Å². The Kier molecular flexibility index (Phi) is 3.03. The molecule has 1 aromatic rings. The molecular formula is C13H11F3N2O3. The molecule has 0 radical (unpaired) electrons. The van der Waals surface area contributed by atoms with E-state index in [0.29, 0.717) is 18.8 Å². The van der Waals surface area contributed by atoms with Crippen LogP contribution in [0.3, 0.4) is 0 Å². The van der Waals surface area contributed by atoms with E-state index >= 15 is 0 Å². The molecule has 0 aliphatic carbocycles. The maximum absolute atomic E-state index is 12.1. The summed E-state index contributed by atoms with van der Waals surface area (Å²) in [4.78, 5) is 24.9. The molecule has 2 aliphatic rings. The lowest BCUT2D eigenvalue weighted by atomic mass is 10.00. The summed E-state index contributed by atoms with van der Waals surface area (Å²) in [6.07, 6.45) is -4.73. The fourth-order valence-electron chi connectivity index (χ4n) is 2.71. The van der Waals surface area contributed by atoms with E-state index in [1.165, 1.54) is 24.3 Å². The van der Waals surface area contributed by atoms with Gasteiger partial charge in [-0.1, -0.05) is 0 Å². The molecule has 0 spiro atoms. The molecule has 2 atom stereocenters. The predicted octanol–water partition coefficient (Wildman–Crippen LogP) is 1.29. The van der Waals surface area contributed by atoms with Gasteiger partial charge in [0.2, 0.25) is 11.8 Å². The normalized spacial score (nSPS) is 25.0. The number of anilines is 1. The van der Waals surface area contributed by atoms with Gasteiger partial charge in [0.25, 0.3) is 0 Å². The zero-order valence-corrected chi connectivity index (χ0v) is 10.7. The minimum Gasteiger partial charge on any atom is -0.406 e. The zero-order chi connectivity index (χ0) is 15.2. The molecule has 21 heavy (non-hydrogen) atoms. The van der Waals surface area contributed by atoms with E-state index in [2.05, 4.69) is 10.1 Å². The molecule has 5 nitrogen and oxygen atoms in total. The van der Waals surface area contributed by atoms with E-state index in [1.807, 2.05) is 4.90 Å². The van der Waals surface area contributed by atoms with Crippen LogP contribution in [0.15, 0.2) is 24.3 Å². The summed E-state index contributed by atoms with van der Waals surface area (Å²) >= 11 is 0. The lowest BCUT2D eigenvalue weighted by Gasteiger charge is -2.19. The number of ether oxygens (including phenoxy) is 1. The number of rotatable bonds is 2. The molecule has 2 saturated heterocycles. The number of carbonyl (C=O) groups excluding carboxylic acids is 2. The lowest BCUT2D eigenvalue weighted by molar-refractivity contribution is -0.274. The number of hydrogen-bond acceptors (Lipinski definition) is 4. The van der Waals surface area contributed by atoms with Gasteiger partial charge in [-0.05, 0) is 24.3 Å². The number of imide groups is 1. The molecule has 1 aromatic carbocycles. The van der Waals surface area contributed by atoms with Gasteiger partial charge in [-0.3, -0.25) is 14.9 Å². The minimum atomic E-state index is -4.73. The highest BCUT2D eigenvalue weighted by molar-refractivity contribution is 6.06. The number of amides is 2. The third-order valence-corrected chi connectivity index (χ3v) is 3.68. The van der Waals surface area contributed by atoms with Gasteiger partial charge < -0.3 is 9.64 Å². The smallest absolute Gasteiger partial charge is 0.406 e. The summed E-state index contributed by atoms with van der Waals surface area (Å²) in [5, 5.41) is 2.28. The largest absolute Gasteiger partial charge is 0.573 e. The van der Waals surface area contributed by atoms with Crippen molar-refractivity contribution in [2.75, 3.05) is 18.0 Å². The third kappa shape index (κ3) is 2.65. The van der Waals surface area contributed by atoms with Crippen LogP contribution < -0.4 is 15.0 Å². The van der Waals surface area contributed by atoms with Crippen LogP contribution in [0, 0.1) is 11.8 Å². The Morgan fingerprint density at radius 3 is 2.05 bits per heavy atom. The zero-order valence-electron chi connectivity index (χ0n) is 10.7. The van der Waals surface area contributed by atoms with Gasteiger partial charge in [-0.15, -0.1) is 13.2 Å². The molecule has 112 valence electrons. The van der Waals surface area contributed by atoms with Crippen molar-refractivity contribution in [2.24, 2.45) is 11.8 Å². The van der Waals surface area contributed by atoms with Crippen molar-refractivity contribution in [1.29, 1.82) is 0 Å². The summed E-state index contributed by atoms with van der Waals surface area (Å²) in [6, 6.07) is 5.37. The van der Waals surface area contributed by atoms with Crippen molar-refractivity contribution < 1.29 is 27.5 Å². The maximum atomic E-state index is 12.1. The molecule has 8 heteroatoms. The van der Waals surface area contributed by atoms with E-state index in [1.54, 1.807) is 0 Å². The Morgan fingerprint density at radius 1 is 1.05 bits per heavy atom. The number of halogens is 3. The average Bonchev–Trinajstić information content (AvgIpc) is 2.92. The van der Waals surface area contributed by atoms with Crippen LogP contribution >= 0.6 is 0 Å². The average molecular weight is 300 g/mol. The summed E-state index contributed by atoms with van der Waals surface area (Å²) in [5.74, 6) is -1.65. The van der Waals surface area contributed by atoms with Crippen molar-refractivity contribution in [3.8, 4) is 5.75 Å². The third-order valence-electron chi connectivity index (χ3n) is 3.68. The van der Waals surface area contributed by atoms with Crippen molar-refractivity contribution in [3.63, 3.8) is 0 Å². The van der Waals surface area contributed by atoms with Gasteiger partial charge >= 0.3 is 6.36 Å². The number of hydrogen-bond donors (Lipinski definition) is 1. The molecule has 0 aromatic heterocycles. The van der Waals surface area contributed by atoms with Gasteiger partial charge in [0.15, 0.2) is 0 Å². The SMILES string of the molecule is O=C1NC(=O)[C@@H]2CN(c3ccc(OC(F)(F)F)cc3)C[C@H]12. The topological polar surface area (TPSA) is 58.6 Å². The van der Waals surface area contributed by atoms with Crippen molar-refractivity contribution in [2.45, 2.75) is 6.36 Å². The molecule has 0 unspecified atom stereocenters. The number of fused-ring (bicyclic) bond motifs is 1. The second kappa shape index (κ2) is 4.64. The molecule has 1 N–H and O–H groups in total. The molecule has 0 bridgehead atoms. The second-order valence-corrected chi connectivity index (χ2v) is 5.01. The van der Waals surface area contributed by atoms with E-state index in [9.17, 15) is 22.8 Å². The van der Waals surface area contributed by atoms with Crippen molar-refractivity contribution >= 4 is 17.5 Å². The van der Waals surface area contributed by atoms with Crippen LogP contribution in [0.2, 0.25) is 0 Å². The summed E-state index contributed by atoms with van der Waals surface area (Å²) in [7, 11) is 0. The van der Waals surface area contributed by atoms with Crippen LogP contribution in [0.1, 0.15) is 0 Å². The fourth-order valence-corrected chi connectivity index (χ4v) is 2.71. The first-order valence-corrected chi connectivity index (χ1v) is 6.29. The first-order valence-electron chi connectivity index (χ1n) is 6.29. The number of nitrogens with one attached hydrogen (secondary N) is 1. The van der Waals surface area contributed by atoms with Crippen LogP contribution in [0.4, 0.5) is 18.9 Å². The summed E-state index contributed by atoms with van der Waals surface area (Å²) in [5.41, 5.74) is 0.652. The molecule has 0 saturated carbocycles. The molecule has 2 heterocycles. The second-order valence-electron chi connectivity index (χ2n) is 5.01. The highest BCUT2D eigenvalue weighted by atomic mass is 19.4. The highest BCUT2D eigenvalue weighted by Crippen LogP contribution is 2.33. The maximum Gasteiger partial charge on any atom is 0.573 e. The highest BCUT2D eigenvalue weighted by Gasteiger charge is 2.47. The first kappa shape index (κ1) is 13.7. The number of alkyl halides is 3. The molecule has 2 aliphatic heterocycles. The number of nitrogens with zero attached hydrogens (tertiary/aromatic N) is 1. The first-order chi connectivity index (χ1) is 9.83. The Morgan fingerprint density at radius 2 is 1.57 bits per heavy atom. The number of benzene rings is 1. The fraction of sp³-hybridized carbons (Fsp3) is 0.385. The van der Waals surface area contributed by atoms with Crippen molar-refractivity contribution in [1.82, 2.24) is 5.32 Å². The van der Waals surface area contributed by atoms with E-state index in [0.717, 1.165) is 0 Å². The monoisotopic (exact) mass is 300 g/mol. The predicted molar refractivity (Wildman–Crippen MR) is 65.5 cm³/mol. The quantitative estimate of drug-likeness (QED) is 0.836. The van der Waals surface area contributed by atoms with Gasteiger partial charge in [-0.2, -0.15) is 0 Å². The molecule has 3 rings (SSSR count). The van der Waals surface area contributed by atoms with E-state index < -0.39 is 6.36 Å². The summed E-state index contributed by atoms with van der Waals surface area (Å²) < 4.78 is 40.0. The lowest BCUT2D eigenvalue weighted by Crippen LogP contribution is -2.31. The Balaban J connectivity index is 1.71. The van der Waals surface area contributed by atoms with Gasteiger partial charge in [0, 0.05) is 18.8 Å². The van der Waals surface area contributed by atoms with Gasteiger partial charge in [0.1, 0.15) is 5.75 Å². The van der Waals surface area contributed by atoms with Crippen molar-refractivity contribution in [3.05, 3.63) is 24.3 Å². The van der Waals surface area contributed by atoms with E-state index in [-0.39, 0.29) is 29.4 Å². The van der Waals surface area contributed by atoms with Crippen LogP contribution in [-0.2, 0) is 9.59 Å². The Hall–Kier alpha value is -2.25. The molecular weight excluding hydrogens is 289 g/mol. The van der Waals surface area contributed by atoms with Crippen LogP contribution in [-0.4, -0.2) is 31.3 Å². The molecule has 2 fully saturated rings. The van der Waals surface area contributed by atoms with Crippen LogP contribution in [0.5, 0.6) is 5.75 Å².